The van der Waals surface area contributed by atoms with E-state index in [1.807, 2.05) is 4.90 Å². The second kappa shape index (κ2) is 8.48. The zero-order valence-electron chi connectivity index (χ0n) is 12.1. The fourth-order valence-corrected chi connectivity index (χ4v) is 2.30. The molecule has 0 saturated carbocycles. The van der Waals surface area contributed by atoms with Crippen molar-refractivity contribution in [1.29, 1.82) is 0 Å². The summed E-state index contributed by atoms with van der Waals surface area (Å²) in [7, 11) is 0. The van der Waals surface area contributed by atoms with E-state index >= 15 is 0 Å². The first-order valence-electron chi connectivity index (χ1n) is 7.25. The van der Waals surface area contributed by atoms with Crippen LogP contribution >= 0.6 is 0 Å². The minimum absolute atomic E-state index is 0.117. The maximum absolute atomic E-state index is 12.1. The number of rotatable bonds is 7. The summed E-state index contributed by atoms with van der Waals surface area (Å²) in [5, 5.41) is 3.49. The predicted molar refractivity (Wildman–Crippen MR) is 73.6 cm³/mol. The molecule has 4 heteroatoms. The van der Waals surface area contributed by atoms with Crippen LogP contribution in [-0.2, 0) is 9.53 Å². The Morgan fingerprint density at radius 2 is 2.22 bits per heavy atom. The molecule has 0 aromatic heterocycles. The lowest BCUT2D eigenvalue weighted by Gasteiger charge is -2.33. The fourth-order valence-electron chi connectivity index (χ4n) is 2.30. The first-order chi connectivity index (χ1) is 8.65. The third kappa shape index (κ3) is 5.36. The van der Waals surface area contributed by atoms with Crippen molar-refractivity contribution in [2.75, 3.05) is 26.3 Å². The summed E-state index contributed by atoms with van der Waals surface area (Å²) >= 11 is 0. The monoisotopic (exact) mass is 256 g/mol. The molecule has 0 spiro atoms. The highest BCUT2D eigenvalue weighted by Gasteiger charge is 2.22. The van der Waals surface area contributed by atoms with Crippen LogP contribution in [0.5, 0.6) is 0 Å². The molecule has 1 aliphatic rings. The molecular weight excluding hydrogens is 228 g/mol. The highest BCUT2D eigenvalue weighted by Crippen LogP contribution is 2.10. The number of hydrogen-bond acceptors (Lipinski definition) is 3. The number of carbonyl (C=O) groups excluding carboxylic acids is 1. The molecule has 1 aliphatic heterocycles. The number of nitrogens with zero attached hydrogens (tertiary/aromatic N) is 1. The number of carbonyl (C=O) groups is 1. The molecular formula is C14H28N2O2. The third-order valence-electron chi connectivity index (χ3n) is 3.35. The van der Waals surface area contributed by atoms with Gasteiger partial charge in [0.05, 0.1) is 0 Å². The highest BCUT2D eigenvalue weighted by molar-refractivity contribution is 5.77. The lowest BCUT2D eigenvalue weighted by Crippen LogP contribution is -2.49. The van der Waals surface area contributed by atoms with E-state index in [9.17, 15) is 4.79 Å². The molecule has 4 nitrogen and oxygen atoms in total. The van der Waals surface area contributed by atoms with Crippen molar-refractivity contribution < 1.29 is 9.53 Å². The fraction of sp³-hybridized carbons (Fsp3) is 0.929. The molecule has 1 heterocycles. The second-order valence-corrected chi connectivity index (χ2v) is 5.34. The van der Waals surface area contributed by atoms with Crippen LogP contribution in [0.15, 0.2) is 0 Å². The van der Waals surface area contributed by atoms with Crippen molar-refractivity contribution in [1.82, 2.24) is 10.2 Å². The minimum Gasteiger partial charge on any atom is -0.372 e. The normalized spacial score (nSPS) is 20.1. The number of ether oxygens (including phenoxy) is 1. The highest BCUT2D eigenvalue weighted by atomic mass is 16.5. The van der Waals surface area contributed by atoms with E-state index in [1.54, 1.807) is 0 Å². The second-order valence-electron chi connectivity index (χ2n) is 5.34. The summed E-state index contributed by atoms with van der Waals surface area (Å²) in [4.78, 5) is 14.0. The van der Waals surface area contributed by atoms with Crippen LogP contribution in [0, 0.1) is 0 Å². The van der Waals surface area contributed by atoms with Gasteiger partial charge >= 0.3 is 0 Å². The molecule has 1 amide bonds. The molecule has 0 aromatic carbocycles. The summed E-state index contributed by atoms with van der Waals surface area (Å²) in [5.41, 5.74) is 0. The zero-order valence-corrected chi connectivity index (χ0v) is 12.1. The van der Waals surface area contributed by atoms with Gasteiger partial charge in [-0.15, -0.1) is 0 Å². The van der Waals surface area contributed by atoms with Gasteiger partial charge in [-0.1, -0.05) is 13.3 Å². The van der Waals surface area contributed by atoms with Gasteiger partial charge in [0, 0.05) is 25.2 Å². The first kappa shape index (κ1) is 15.4. The predicted octanol–water partition coefficient (Wildman–Crippen LogP) is 1.79. The van der Waals surface area contributed by atoms with Crippen molar-refractivity contribution in [3.05, 3.63) is 0 Å². The summed E-state index contributed by atoms with van der Waals surface area (Å²) in [6, 6.07) is 0.697. The van der Waals surface area contributed by atoms with E-state index in [4.69, 9.17) is 4.74 Å². The Bertz CT molecular complexity index is 238. The van der Waals surface area contributed by atoms with Crippen molar-refractivity contribution in [2.45, 2.75) is 58.5 Å². The van der Waals surface area contributed by atoms with E-state index in [0.717, 1.165) is 19.5 Å². The minimum atomic E-state index is 0.117. The Balaban J connectivity index is 2.39. The van der Waals surface area contributed by atoms with E-state index in [-0.39, 0.29) is 18.6 Å². The van der Waals surface area contributed by atoms with Gasteiger partial charge in [-0.05, 0) is 39.7 Å². The van der Waals surface area contributed by atoms with E-state index in [2.05, 4.69) is 26.1 Å². The van der Waals surface area contributed by atoms with E-state index in [1.165, 1.54) is 19.3 Å². The largest absolute Gasteiger partial charge is 0.372 e. The van der Waals surface area contributed by atoms with Crippen LogP contribution in [0.2, 0.25) is 0 Å². The maximum Gasteiger partial charge on any atom is 0.248 e. The Morgan fingerprint density at radius 1 is 1.44 bits per heavy atom. The third-order valence-corrected chi connectivity index (χ3v) is 3.35. The number of piperidine rings is 1. The van der Waals surface area contributed by atoms with Gasteiger partial charge in [0.2, 0.25) is 5.91 Å². The van der Waals surface area contributed by atoms with Crippen LogP contribution in [0.3, 0.4) is 0 Å². The van der Waals surface area contributed by atoms with Crippen molar-refractivity contribution in [3.8, 4) is 0 Å². The molecule has 106 valence electrons. The van der Waals surface area contributed by atoms with Gasteiger partial charge in [-0.25, -0.2) is 0 Å². The van der Waals surface area contributed by atoms with Crippen LogP contribution in [-0.4, -0.2) is 49.2 Å². The quantitative estimate of drug-likeness (QED) is 0.706. The van der Waals surface area contributed by atoms with Gasteiger partial charge in [0.25, 0.3) is 0 Å². The Morgan fingerprint density at radius 3 is 2.78 bits per heavy atom. The molecule has 1 fully saturated rings. The zero-order chi connectivity index (χ0) is 13.4. The average Bonchev–Trinajstić information content (AvgIpc) is 2.37. The van der Waals surface area contributed by atoms with E-state index < -0.39 is 0 Å². The van der Waals surface area contributed by atoms with Gasteiger partial charge in [-0.2, -0.15) is 0 Å². The van der Waals surface area contributed by atoms with Gasteiger partial charge in [0.1, 0.15) is 6.61 Å². The Kier molecular flexibility index (Phi) is 7.28. The average molecular weight is 256 g/mol. The molecule has 0 aliphatic carbocycles. The molecule has 1 rings (SSSR count). The molecule has 18 heavy (non-hydrogen) atoms. The molecule has 0 bridgehead atoms. The SMILES string of the molecule is CCCOCC(=O)N(CC1CCCCN1)C(C)C. The lowest BCUT2D eigenvalue weighted by molar-refractivity contribution is -0.138. The molecule has 1 atom stereocenters. The summed E-state index contributed by atoms with van der Waals surface area (Å²) in [6.45, 7) is 8.97. The van der Waals surface area contributed by atoms with Crippen LogP contribution in [0.4, 0.5) is 0 Å². The molecule has 0 radical (unpaired) electrons. The van der Waals surface area contributed by atoms with E-state index in [0.29, 0.717) is 12.6 Å². The van der Waals surface area contributed by atoms with Crippen LogP contribution < -0.4 is 5.32 Å². The first-order valence-corrected chi connectivity index (χ1v) is 7.25. The maximum atomic E-state index is 12.1. The number of nitrogens with one attached hydrogen (secondary N) is 1. The van der Waals surface area contributed by atoms with Gasteiger partial charge < -0.3 is 15.0 Å². The van der Waals surface area contributed by atoms with Gasteiger partial charge in [-0.3, -0.25) is 4.79 Å². The topological polar surface area (TPSA) is 41.6 Å². The van der Waals surface area contributed by atoms with Crippen LogP contribution in [0.1, 0.15) is 46.5 Å². The summed E-state index contributed by atoms with van der Waals surface area (Å²) in [5.74, 6) is 0.117. The lowest BCUT2D eigenvalue weighted by atomic mass is 10.0. The molecule has 1 N–H and O–H groups in total. The molecule has 1 unspecified atom stereocenters. The number of amides is 1. The molecule has 1 saturated heterocycles. The van der Waals surface area contributed by atoms with Gasteiger partial charge in [0.15, 0.2) is 0 Å². The molecule has 0 aromatic rings. The van der Waals surface area contributed by atoms with Crippen LogP contribution in [0.25, 0.3) is 0 Å². The van der Waals surface area contributed by atoms with Crippen molar-refractivity contribution >= 4 is 5.91 Å². The summed E-state index contributed by atoms with van der Waals surface area (Å²) < 4.78 is 5.35. The summed E-state index contributed by atoms with van der Waals surface area (Å²) in [6.07, 6.45) is 4.65. The van der Waals surface area contributed by atoms with Crippen molar-refractivity contribution in [3.63, 3.8) is 0 Å². The standard InChI is InChI=1S/C14H28N2O2/c1-4-9-18-11-14(17)16(12(2)3)10-13-7-5-6-8-15-13/h12-13,15H,4-11H2,1-3H3. The Labute approximate surface area is 111 Å². The Hall–Kier alpha value is -0.610. The number of hydrogen-bond donors (Lipinski definition) is 1. The van der Waals surface area contributed by atoms with Crippen molar-refractivity contribution in [2.24, 2.45) is 0 Å². The smallest absolute Gasteiger partial charge is 0.248 e.